The van der Waals surface area contributed by atoms with Gasteiger partial charge in [-0.05, 0) is 55.3 Å². The van der Waals surface area contributed by atoms with Gasteiger partial charge in [-0.3, -0.25) is 0 Å². The minimum Gasteiger partial charge on any atom is -0.456 e. The SMILES string of the molecule is Cc1cc(Cl)cc(C)c1Oc1ccc(Cl)cc1CO. The molecule has 0 unspecified atom stereocenters. The maximum absolute atomic E-state index is 9.34. The molecule has 0 radical (unpaired) electrons. The van der Waals surface area contributed by atoms with Crippen molar-refractivity contribution < 1.29 is 9.84 Å². The summed E-state index contributed by atoms with van der Waals surface area (Å²) in [4.78, 5) is 0. The third kappa shape index (κ3) is 3.21. The first-order valence-electron chi connectivity index (χ1n) is 5.85. The van der Waals surface area contributed by atoms with Gasteiger partial charge in [0.1, 0.15) is 11.5 Å². The van der Waals surface area contributed by atoms with Crippen molar-refractivity contribution >= 4 is 23.2 Å². The number of benzene rings is 2. The molecule has 0 saturated carbocycles. The number of hydrogen-bond donors (Lipinski definition) is 1. The van der Waals surface area contributed by atoms with Gasteiger partial charge in [0.05, 0.1) is 6.61 Å². The van der Waals surface area contributed by atoms with Gasteiger partial charge >= 0.3 is 0 Å². The van der Waals surface area contributed by atoms with Gasteiger partial charge in [-0.25, -0.2) is 0 Å². The van der Waals surface area contributed by atoms with E-state index in [2.05, 4.69) is 0 Å². The predicted octanol–water partition coefficient (Wildman–Crippen LogP) is 4.89. The van der Waals surface area contributed by atoms with E-state index in [0.29, 0.717) is 21.4 Å². The number of aryl methyl sites for hydroxylation is 2. The average molecular weight is 297 g/mol. The molecule has 0 heterocycles. The molecule has 1 N–H and O–H groups in total. The summed E-state index contributed by atoms with van der Waals surface area (Å²) in [6.07, 6.45) is 0. The molecule has 0 aliphatic carbocycles. The highest BCUT2D eigenvalue weighted by Gasteiger charge is 2.10. The van der Waals surface area contributed by atoms with E-state index < -0.39 is 0 Å². The number of rotatable bonds is 3. The van der Waals surface area contributed by atoms with Gasteiger partial charge in [0.15, 0.2) is 0 Å². The number of halogens is 2. The first kappa shape index (κ1) is 14.2. The van der Waals surface area contributed by atoms with E-state index in [4.69, 9.17) is 27.9 Å². The molecule has 0 aliphatic rings. The monoisotopic (exact) mass is 296 g/mol. The molecule has 2 aromatic rings. The van der Waals surface area contributed by atoms with Gasteiger partial charge in [-0.15, -0.1) is 0 Å². The summed E-state index contributed by atoms with van der Waals surface area (Å²) in [5, 5.41) is 10.6. The van der Waals surface area contributed by atoms with Crippen LogP contribution < -0.4 is 4.74 Å². The van der Waals surface area contributed by atoms with Crippen molar-refractivity contribution in [1.29, 1.82) is 0 Å². The second-order valence-corrected chi connectivity index (χ2v) is 5.25. The van der Waals surface area contributed by atoms with Crippen molar-refractivity contribution in [2.45, 2.75) is 20.5 Å². The molecule has 0 amide bonds. The lowest BCUT2D eigenvalue weighted by atomic mass is 10.1. The van der Waals surface area contributed by atoms with Crippen LogP contribution in [-0.2, 0) is 6.61 Å². The normalized spacial score (nSPS) is 10.6. The summed E-state index contributed by atoms with van der Waals surface area (Å²) in [6.45, 7) is 3.74. The molecule has 100 valence electrons. The zero-order chi connectivity index (χ0) is 14.0. The zero-order valence-corrected chi connectivity index (χ0v) is 12.2. The summed E-state index contributed by atoms with van der Waals surface area (Å²) in [6, 6.07) is 8.87. The highest BCUT2D eigenvalue weighted by Crippen LogP contribution is 2.33. The van der Waals surface area contributed by atoms with E-state index in [1.165, 1.54) is 0 Å². The lowest BCUT2D eigenvalue weighted by Gasteiger charge is -2.14. The highest BCUT2D eigenvalue weighted by atomic mass is 35.5. The van der Waals surface area contributed by atoms with Crippen molar-refractivity contribution in [2.24, 2.45) is 0 Å². The topological polar surface area (TPSA) is 29.5 Å². The number of aliphatic hydroxyl groups is 1. The molecule has 0 spiro atoms. The van der Waals surface area contributed by atoms with Gasteiger partial charge in [0.2, 0.25) is 0 Å². The molecule has 19 heavy (non-hydrogen) atoms. The van der Waals surface area contributed by atoms with Crippen LogP contribution in [-0.4, -0.2) is 5.11 Å². The van der Waals surface area contributed by atoms with Crippen LogP contribution in [0.4, 0.5) is 0 Å². The first-order valence-corrected chi connectivity index (χ1v) is 6.60. The molecule has 2 nitrogen and oxygen atoms in total. The third-order valence-corrected chi connectivity index (χ3v) is 3.28. The van der Waals surface area contributed by atoms with Crippen molar-refractivity contribution in [3.8, 4) is 11.5 Å². The van der Waals surface area contributed by atoms with Crippen LogP contribution in [0.15, 0.2) is 30.3 Å². The quantitative estimate of drug-likeness (QED) is 0.873. The van der Waals surface area contributed by atoms with E-state index in [0.717, 1.165) is 16.9 Å². The maximum atomic E-state index is 9.34. The number of aliphatic hydroxyl groups excluding tert-OH is 1. The average Bonchev–Trinajstić information content (AvgIpc) is 2.35. The van der Waals surface area contributed by atoms with Gasteiger partial charge in [-0.2, -0.15) is 0 Å². The Kier molecular flexibility index (Phi) is 4.35. The van der Waals surface area contributed by atoms with Crippen molar-refractivity contribution in [1.82, 2.24) is 0 Å². The minimum absolute atomic E-state index is 0.123. The van der Waals surface area contributed by atoms with Crippen molar-refractivity contribution in [2.75, 3.05) is 0 Å². The van der Waals surface area contributed by atoms with Gasteiger partial charge in [0.25, 0.3) is 0 Å². The second kappa shape index (κ2) is 5.83. The highest BCUT2D eigenvalue weighted by molar-refractivity contribution is 6.31. The Bertz CT molecular complexity index is 586. The maximum Gasteiger partial charge on any atom is 0.133 e. The van der Waals surface area contributed by atoms with Gasteiger partial charge in [0, 0.05) is 15.6 Å². The van der Waals surface area contributed by atoms with E-state index in [1.54, 1.807) is 18.2 Å². The van der Waals surface area contributed by atoms with Crippen LogP contribution in [0.5, 0.6) is 11.5 Å². The number of hydrogen-bond acceptors (Lipinski definition) is 2. The van der Waals surface area contributed by atoms with Crippen molar-refractivity contribution in [3.63, 3.8) is 0 Å². The van der Waals surface area contributed by atoms with E-state index in [9.17, 15) is 5.11 Å². The van der Waals surface area contributed by atoms with Crippen LogP contribution in [0.3, 0.4) is 0 Å². The molecule has 0 aliphatic heterocycles. The Morgan fingerprint density at radius 2 is 1.63 bits per heavy atom. The van der Waals surface area contributed by atoms with Gasteiger partial charge in [-0.1, -0.05) is 23.2 Å². The lowest BCUT2D eigenvalue weighted by molar-refractivity contribution is 0.276. The fourth-order valence-corrected chi connectivity index (χ4v) is 2.46. The fourth-order valence-electron chi connectivity index (χ4n) is 1.94. The van der Waals surface area contributed by atoms with Crippen LogP contribution in [0, 0.1) is 13.8 Å². The first-order chi connectivity index (χ1) is 9.01. The summed E-state index contributed by atoms with van der Waals surface area (Å²) >= 11 is 11.9. The molecule has 2 rings (SSSR count). The summed E-state index contributed by atoms with van der Waals surface area (Å²) in [7, 11) is 0. The Morgan fingerprint density at radius 1 is 1.00 bits per heavy atom. The van der Waals surface area contributed by atoms with E-state index >= 15 is 0 Å². The van der Waals surface area contributed by atoms with Crippen LogP contribution in [0.2, 0.25) is 10.0 Å². The Hall–Kier alpha value is -1.22. The Balaban J connectivity index is 2.42. The van der Waals surface area contributed by atoms with E-state index in [-0.39, 0.29) is 6.61 Å². The molecule has 0 atom stereocenters. The molecule has 0 saturated heterocycles. The fraction of sp³-hybridized carbons (Fsp3) is 0.200. The molecule has 0 bridgehead atoms. The summed E-state index contributed by atoms with van der Waals surface area (Å²) in [5.74, 6) is 1.35. The van der Waals surface area contributed by atoms with Crippen LogP contribution in [0.25, 0.3) is 0 Å². The molecular weight excluding hydrogens is 283 g/mol. The van der Waals surface area contributed by atoms with E-state index in [1.807, 2.05) is 26.0 Å². The lowest BCUT2D eigenvalue weighted by Crippen LogP contribution is -1.95. The summed E-state index contributed by atoms with van der Waals surface area (Å²) < 4.78 is 5.89. The summed E-state index contributed by atoms with van der Waals surface area (Å²) in [5.41, 5.74) is 2.55. The largest absolute Gasteiger partial charge is 0.456 e. The Morgan fingerprint density at radius 3 is 2.21 bits per heavy atom. The third-order valence-electron chi connectivity index (χ3n) is 2.83. The number of ether oxygens (including phenoxy) is 1. The second-order valence-electron chi connectivity index (χ2n) is 4.38. The van der Waals surface area contributed by atoms with Crippen LogP contribution >= 0.6 is 23.2 Å². The van der Waals surface area contributed by atoms with Crippen LogP contribution in [0.1, 0.15) is 16.7 Å². The molecule has 0 aromatic heterocycles. The molecule has 2 aromatic carbocycles. The van der Waals surface area contributed by atoms with Gasteiger partial charge < -0.3 is 9.84 Å². The molecule has 0 fully saturated rings. The smallest absolute Gasteiger partial charge is 0.133 e. The molecular formula is C15H14Cl2O2. The molecule has 4 heteroatoms. The van der Waals surface area contributed by atoms with Crippen molar-refractivity contribution in [3.05, 3.63) is 57.1 Å². The standard InChI is InChI=1S/C15H14Cl2O2/c1-9-5-13(17)6-10(2)15(9)19-14-4-3-12(16)7-11(14)8-18/h3-7,18H,8H2,1-2H3. The Labute approximate surface area is 122 Å². The zero-order valence-electron chi connectivity index (χ0n) is 10.7. The predicted molar refractivity (Wildman–Crippen MR) is 78.4 cm³/mol. The minimum atomic E-state index is -0.123.